The average molecular weight is 162 g/mol. The molecule has 0 N–H and O–H groups in total. The predicted molar refractivity (Wildman–Crippen MR) is 44.9 cm³/mol. The van der Waals surface area contributed by atoms with Crippen LogP contribution in [0.15, 0.2) is 12.2 Å². The van der Waals surface area contributed by atoms with Gasteiger partial charge < -0.3 is 4.52 Å². The highest BCUT2D eigenvalue weighted by Gasteiger charge is 1.93. The molecule has 0 aliphatic rings. The molecule has 0 rings (SSSR count). The highest BCUT2D eigenvalue weighted by molar-refractivity contribution is 7.39. The lowest BCUT2D eigenvalue weighted by molar-refractivity contribution is 0.350. The van der Waals surface area contributed by atoms with E-state index < -0.39 is 8.03 Å². The van der Waals surface area contributed by atoms with Crippen molar-refractivity contribution in [1.29, 1.82) is 0 Å². The van der Waals surface area contributed by atoms with Gasteiger partial charge in [-0.05, 0) is 20.3 Å². The lowest BCUT2D eigenvalue weighted by atomic mass is 10.4. The lowest BCUT2D eigenvalue weighted by Crippen LogP contribution is -1.81. The molecule has 0 amide bonds. The Balaban J connectivity index is 3.21. The Hall–Kier alpha value is -0.0700. The molecule has 60 valence electrons. The summed E-state index contributed by atoms with van der Waals surface area (Å²) in [7, 11) is -1.71. The van der Waals surface area contributed by atoms with Gasteiger partial charge in [-0.2, -0.15) is 0 Å². The van der Waals surface area contributed by atoms with Gasteiger partial charge in [-0.25, -0.2) is 0 Å². The van der Waals surface area contributed by atoms with Crippen LogP contribution < -0.4 is 0 Å². The molecule has 0 saturated carbocycles. The van der Waals surface area contributed by atoms with Gasteiger partial charge in [-0.1, -0.05) is 12.2 Å². The predicted octanol–water partition coefficient (Wildman–Crippen LogP) is 2.46. The van der Waals surface area contributed by atoms with Crippen LogP contribution in [0.25, 0.3) is 0 Å². The number of hydrogen-bond acceptors (Lipinski definition) is 2. The fourth-order valence-electron chi connectivity index (χ4n) is 0.601. The molecule has 1 atom stereocenters. The normalized spacial score (nSPS) is 14.2. The fourth-order valence-corrected chi connectivity index (χ4v) is 1.47. The molecule has 0 aromatic heterocycles. The first kappa shape index (κ1) is 9.93. The highest BCUT2D eigenvalue weighted by atomic mass is 31.1. The maximum Gasteiger partial charge on any atom is 0.191 e. The zero-order valence-electron chi connectivity index (χ0n) is 6.59. The van der Waals surface area contributed by atoms with Crippen molar-refractivity contribution in [2.45, 2.75) is 20.3 Å². The average Bonchev–Trinajstić information content (AvgIpc) is 1.89. The minimum atomic E-state index is -1.71. The molecule has 0 heterocycles. The molecule has 0 saturated heterocycles. The molecule has 0 aromatic carbocycles. The summed E-state index contributed by atoms with van der Waals surface area (Å²) >= 11 is 0. The molecular weight excluding hydrogens is 147 g/mol. The van der Waals surface area contributed by atoms with Gasteiger partial charge in [0.25, 0.3) is 0 Å². The zero-order valence-corrected chi connectivity index (χ0v) is 7.59. The van der Waals surface area contributed by atoms with Crippen LogP contribution in [-0.2, 0) is 9.09 Å². The molecule has 3 heteroatoms. The van der Waals surface area contributed by atoms with Crippen LogP contribution in [0, 0.1) is 0 Å². The van der Waals surface area contributed by atoms with Crippen molar-refractivity contribution in [1.82, 2.24) is 0 Å². The van der Waals surface area contributed by atoms with Gasteiger partial charge in [0.1, 0.15) is 0 Å². The zero-order chi connectivity index (χ0) is 7.82. The molecule has 10 heavy (non-hydrogen) atoms. The van der Waals surface area contributed by atoms with Gasteiger partial charge >= 0.3 is 0 Å². The minimum absolute atomic E-state index is 0.563. The van der Waals surface area contributed by atoms with Crippen LogP contribution in [0.4, 0.5) is 0 Å². The molecule has 0 spiro atoms. The molecule has 0 radical (unpaired) electrons. The Labute approximate surface area is 63.1 Å². The van der Waals surface area contributed by atoms with Crippen molar-refractivity contribution in [3.05, 3.63) is 12.2 Å². The molecule has 0 aromatic rings. The van der Waals surface area contributed by atoms with E-state index in [1.165, 1.54) is 0 Å². The Kier molecular flexibility index (Phi) is 6.99. The number of allylic oxidation sites excluding steroid dienone is 2. The summed E-state index contributed by atoms with van der Waals surface area (Å²) in [5.74, 6) is 0. The first-order chi connectivity index (χ1) is 4.81. The monoisotopic (exact) mass is 162 g/mol. The third-order valence-electron chi connectivity index (χ3n) is 1.06. The molecule has 2 nitrogen and oxygen atoms in total. The summed E-state index contributed by atoms with van der Waals surface area (Å²) in [6, 6.07) is 0. The first-order valence-corrected chi connectivity index (χ1v) is 5.10. The molecule has 0 bridgehead atoms. The van der Waals surface area contributed by atoms with Crippen molar-refractivity contribution in [2.24, 2.45) is 0 Å². The third-order valence-corrected chi connectivity index (χ3v) is 2.36. The van der Waals surface area contributed by atoms with Crippen molar-refractivity contribution in [2.75, 3.05) is 12.8 Å². The summed E-state index contributed by atoms with van der Waals surface area (Å²) in [4.78, 5) is 0. The molecular formula is C7H15O2P. The van der Waals surface area contributed by atoms with Gasteiger partial charge in [0.15, 0.2) is 8.03 Å². The second kappa shape index (κ2) is 7.04. The van der Waals surface area contributed by atoms with Crippen molar-refractivity contribution in [3.8, 4) is 0 Å². The molecule has 0 aliphatic heterocycles. The quantitative estimate of drug-likeness (QED) is 0.458. The fraction of sp³-hybridized carbons (Fsp3) is 0.714. The summed E-state index contributed by atoms with van der Waals surface area (Å²) < 4.78 is 15.7. The second-order valence-corrected chi connectivity index (χ2v) is 3.45. The minimum Gasteiger partial charge on any atom is -0.331 e. The summed E-state index contributed by atoms with van der Waals surface area (Å²) in [5.41, 5.74) is 0. The van der Waals surface area contributed by atoms with Crippen LogP contribution in [0.2, 0.25) is 0 Å². The van der Waals surface area contributed by atoms with Gasteiger partial charge in [-0.15, -0.1) is 0 Å². The van der Waals surface area contributed by atoms with Crippen molar-refractivity contribution >= 4 is 8.03 Å². The van der Waals surface area contributed by atoms with E-state index in [2.05, 4.69) is 0 Å². The largest absolute Gasteiger partial charge is 0.331 e. The van der Waals surface area contributed by atoms with Crippen LogP contribution in [0.1, 0.15) is 20.3 Å². The Bertz CT molecular complexity index is 121. The standard InChI is InChI=1S/C7H15O2P/c1-3-5-6-7-10(8)9-4-2/h3,5,10H,4,6-7H2,1-2H3/b5-3+. The maximum atomic E-state index is 10.8. The van der Waals surface area contributed by atoms with E-state index in [0.29, 0.717) is 12.8 Å². The molecule has 0 aliphatic carbocycles. The number of rotatable bonds is 5. The van der Waals surface area contributed by atoms with Crippen molar-refractivity contribution < 1.29 is 9.09 Å². The molecule has 0 fully saturated rings. The summed E-state index contributed by atoms with van der Waals surface area (Å²) in [5, 5.41) is 0. The second-order valence-electron chi connectivity index (χ2n) is 1.91. The Morgan fingerprint density at radius 3 is 2.80 bits per heavy atom. The topological polar surface area (TPSA) is 26.3 Å². The highest BCUT2D eigenvalue weighted by Crippen LogP contribution is 2.22. The van der Waals surface area contributed by atoms with Crippen LogP contribution in [0.3, 0.4) is 0 Å². The van der Waals surface area contributed by atoms with Crippen LogP contribution in [0.5, 0.6) is 0 Å². The molecule has 1 unspecified atom stereocenters. The van der Waals surface area contributed by atoms with E-state index >= 15 is 0 Å². The van der Waals surface area contributed by atoms with E-state index in [4.69, 9.17) is 4.52 Å². The van der Waals surface area contributed by atoms with Gasteiger partial charge in [0.05, 0.1) is 6.61 Å². The van der Waals surface area contributed by atoms with Crippen LogP contribution >= 0.6 is 8.03 Å². The smallest absolute Gasteiger partial charge is 0.191 e. The van der Waals surface area contributed by atoms with E-state index in [0.717, 1.165) is 6.42 Å². The Morgan fingerprint density at radius 1 is 1.60 bits per heavy atom. The van der Waals surface area contributed by atoms with E-state index in [1.54, 1.807) is 0 Å². The van der Waals surface area contributed by atoms with Crippen LogP contribution in [-0.4, -0.2) is 12.8 Å². The van der Waals surface area contributed by atoms with Gasteiger partial charge in [-0.3, -0.25) is 4.57 Å². The Morgan fingerprint density at radius 2 is 2.30 bits per heavy atom. The number of hydrogen-bond donors (Lipinski definition) is 0. The van der Waals surface area contributed by atoms with E-state index in [1.807, 2.05) is 26.0 Å². The van der Waals surface area contributed by atoms with Gasteiger partial charge in [0.2, 0.25) is 0 Å². The van der Waals surface area contributed by atoms with E-state index in [9.17, 15) is 4.57 Å². The van der Waals surface area contributed by atoms with Gasteiger partial charge in [0, 0.05) is 6.16 Å². The summed E-state index contributed by atoms with van der Waals surface area (Å²) in [6.45, 7) is 4.38. The third kappa shape index (κ3) is 6.06. The maximum absolute atomic E-state index is 10.8. The van der Waals surface area contributed by atoms with Crippen molar-refractivity contribution in [3.63, 3.8) is 0 Å². The lowest BCUT2D eigenvalue weighted by Gasteiger charge is -1.97. The SMILES string of the molecule is C/C=C/CC[PH](=O)OCC. The summed E-state index contributed by atoms with van der Waals surface area (Å²) in [6.07, 6.45) is 5.51. The first-order valence-electron chi connectivity index (χ1n) is 3.58. The van der Waals surface area contributed by atoms with E-state index in [-0.39, 0.29) is 0 Å².